The summed E-state index contributed by atoms with van der Waals surface area (Å²) in [6.45, 7) is 0. The molecule has 0 aliphatic rings. The lowest BCUT2D eigenvalue weighted by Crippen LogP contribution is -2.05. The summed E-state index contributed by atoms with van der Waals surface area (Å²) in [7, 11) is 1.48. The van der Waals surface area contributed by atoms with Crippen molar-refractivity contribution in [3.05, 3.63) is 47.8 Å². The summed E-state index contributed by atoms with van der Waals surface area (Å²) < 4.78 is 20.1. The minimum atomic E-state index is -0.428. The van der Waals surface area contributed by atoms with E-state index in [1.165, 1.54) is 30.0 Å². The number of hydrogen-bond donors (Lipinski definition) is 0. The Morgan fingerprint density at radius 2 is 2.10 bits per heavy atom. The van der Waals surface area contributed by atoms with E-state index in [0.717, 1.165) is 0 Å². The summed E-state index contributed by atoms with van der Waals surface area (Å²) in [6, 6.07) is 5.78. The van der Waals surface area contributed by atoms with Gasteiger partial charge in [-0.05, 0) is 35.9 Å². The molecule has 0 unspecified atom stereocenters. The van der Waals surface area contributed by atoms with Crippen molar-refractivity contribution in [3.63, 3.8) is 0 Å². The molecule has 1 aromatic carbocycles. The van der Waals surface area contributed by atoms with Gasteiger partial charge >= 0.3 is 0 Å². The van der Waals surface area contributed by atoms with E-state index in [4.69, 9.17) is 16.3 Å². The number of methoxy groups -OCH3 is 1. The van der Waals surface area contributed by atoms with E-state index < -0.39 is 5.82 Å². The van der Waals surface area contributed by atoms with Gasteiger partial charge in [-0.1, -0.05) is 0 Å². The molecule has 2 heterocycles. The maximum atomic E-state index is 13.5. The molecule has 0 aliphatic heterocycles. The summed E-state index contributed by atoms with van der Waals surface area (Å²) in [5, 5.41) is 4.01. The fraction of sp³-hybridized carbons (Fsp3) is 0.0769. The second-order valence-electron chi connectivity index (χ2n) is 4.02. The molecule has 0 fully saturated rings. The van der Waals surface area contributed by atoms with Crippen LogP contribution >= 0.6 is 11.6 Å². The number of nitrogens with zero attached hydrogens (tertiary/aromatic N) is 5. The topological polar surface area (TPSA) is 65.7 Å². The summed E-state index contributed by atoms with van der Waals surface area (Å²) in [5.41, 5.74) is 0.384. The average molecular weight is 306 g/mol. The number of aromatic nitrogens is 5. The normalized spacial score (nSPS) is 10.6. The van der Waals surface area contributed by atoms with Crippen LogP contribution in [0, 0.1) is 5.82 Å². The van der Waals surface area contributed by atoms with E-state index in [0.29, 0.717) is 11.3 Å². The zero-order valence-electron chi connectivity index (χ0n) is 10.9. The van der Waals surface area contributed by atoms with Crippen molar-refractivity contribution >= 4 is 11.6 Å². The van der Waals surface area contributed by atoms with E-state index >= 15 is 0 Å². The van der Waals surface area contributed by atoms with E-state index in [1.54, 1.807) is 18.5 Å². The van der Waals surface area contributed by atoms with E-state index in [9.17, 15) is 4.39 Å². The second-order valence-corrected chi connectivity index (χ2v) is 4.36. The molecule has 6 nitrogen and oxygen atoms in total. The van der Waals surface area contributed by atoms with Crippen LogP contribution in [0.3, 0.4) is 0 Å². The number of rotatable bonds is 3. The summed E-state index contributed by atoms with van der Waals surface area (Å²) in [6.07, 6.45) is 3.25. The quantitative estimate of drug-likeness (QED) is 0.744. The van der Waals surface area contributed by atoms with Crippen LogP contribution in [0.5, 0.6) is 5.75 Å². The molecule has 0 spiro atoms. The first-order chi connectivity index (χ1) is 10.2. The molecule has 0 saturated carbocycles. The number of benzene rings is 1. The molecule has 3 aromatic rings. The van der Waals surface area contributed by atoms with Gasteiger partial charge in [-0.25, -0.2) is 9.07 Å². The molecular formula is C13H9ClFN5O. The van der Waals surface area contributed by atoms with Gasteiger partial charge in [0.05, 0.1) is 12.7 Å². The maximum absolute atomic E-state index is 13.5. The van der Waals surface area contributed by atoms with Crippen molar-refractivity contribution in [2.75, 3.05) is 7.11 Å². The lowest BCUT2D eigenvalue weighted by Gasteiger charge is -2.08. The predicted molar refractivity (Wildman–Crippen MR) is 73.9 cm³/mol. The number of ether oxygens (including phenoxy) is 1. The Bertz CT molecular complexity index is 778. The summed E-state index contributed by atoms with van der Waals surface area (Å²) in [4.78, 5) is 12.3. The fourth-order valence-electron chi connectivity index (χ4n) is 1.80. The van der Waals surface area contributed by atoms with Gasteiger partial charge in [0.25, 0.3) is 5.95 Å². The molecule has 0 radical (unpaired) electrons. The molecule has 0 atom stereocenters. The summed E-state index contributed by atoms with van der Waals surface area (Å²) in [5.74, 6) is 0.450. The van der Waals surface area contributed by atoms with Crippen molar-refractivity contribution < 1.29 is 9.13 Å². The van der Waals surface area contributed by atoms with Gasteiger partial charge in [-0.15, -0.1) is 0 Å². The smallest absolute Gasteiger partial charge is 0.255 e. The summed E-state index contributed by atoms with van der Waals surface area (Å²) >= 11 is 5.91. The Balaban J connectivity index is 2.17. The van der Waals surface area contributed by atoms with Crippen LogP contribution in [0.4, 0.5) is 4.39 Å². The number of halogens is 2. The Morgan fingerprint density at radius 3 is 2.81 bits per heavy atom. The van der Waals surface area contributed by atoms with Crippen molar-refractivity contribution in [3.8, 4) is 23.1 Å². The molecule has 0 N–H and O–H groups in total. The molecule has 0 amide bonds. The Hall–Kier alpha value is -2.54. The van der Waals surface area contributed by atoms with E-state index in [2.05, 4.69) is 20.1 Å². The van der Waals surface area contributed by atoms with E-state index in [-0.39, 0.29) is 17.1 Å². The zero-order valence-corrected chi connectivity index (χ0v) is 11.6. The number of hydrogen-bond acceptors (Lipinski definition) is 5. The molecule has 21 heavy (non-hydrogen) atoms. The van der Waals surface area contributed by atoms with Crippen LogP contribution in [0.15, 0.2) is 36.7 Å². The van der Waals surface area contributed by atoms with Crippen LogP contribution in [-0.4, -0.2) is 31.8 Å². The highest BCUT2D eigenvalue weighted by atomic mass is 35.5. The monoisotopic (exact) mass is 305 g/mol. The van der Waals surface area contributed by atoms with Crippen molar-refractivity contribution in [1.29, 1.82) is 0 Å². The van der Waals surface area contributed by atoms with Crippen LogP contribution in [0.25, 0.3) is 17.3 Å². The highest BCUT2D eigenvalue weighted by molar-refractivity contribution is 6.28. The molecule has 2 aromatic heterocycles. The zero-order chi connectivity index (χ0) is 14.8. The molecular weight excluding hydrogens is 297 g/mol. The third-order valence-electron chi connectivity index (χ3n) is 2.71. The molecule has 0 bridgehead atoms. The van der Waals surface area contributed by atoms with Gasteiger partial charge in [0, 0.05) is 12.4 Å². The first-order valence-corrected chi connectivity index (χ1v) is 6.30. The third-order valence-corrected chi connectivity index (χ3v) is 2.88. The molecule has 0 aliphatic carbocycles. The molecule has 106 valence electrons. The first kappa shape index (κ1) is 13.4. The van der Waals surface area contributed by atoms with Crippen molar-refractivity contribution in [2.45, 2.75) is 0 Å². The van der Waals surface area contributed by atoms with Gasteiger partial charge < -0.3 is 4.74 Å². The van der Waals surface area contributed by atoms with Gasteiger partial charge in [-0.2, -0.15) is 20.1 Å². The van der Waals surface area contributed by atoms with E-state index in [1.807, 2.05) is 0 Å². The minimum Gasteiger partial charge on any atom is -0.496 e. The van der Waals surface area contributed by atoms with Crippen LogP contribution in [0.2, 0.25) is 5.28 Å². The molecule has 0 saturated heterocycles. The lowest BCUT2D eigenvalue weighted by molar-refractivity contribution is 0.415. The molecule has 3 rings (SSSR count). The van der Waals surface area contributed by atoms with Gasteiger partial charge in [0.2, 0.25) is 5.28 Å². The SMILES string of the molecule is COc1ccc(F)cc1-c1nc(Cl)nc(-n2cccn2)n1. The van der Waals surface area contributed by atoms with Crippen molar-refractivity contribution in [2.24, 2.45) is 0 Å². The van der Waals surface area contributed by atoms with Crippen LogP contribution in [-0.2, 0) is 0 Å². The van der Waals surface area contributed by atoms with Crippen molar-refractivity contribution in [1.82, 2.24) is 24.7 Å². The Morgan fingerprint density at radius 1 is 1.24 bits per heavy atom. The minimum absolute atomic E-state index is 0.0168. The average Bonchev–Trinajstić information content (AvgIpc) is 3.01. The fourth-order valence-corrected chi connectivity index (χ4v) is 1.96. The second kappa shape index (κ2) is 5.45. The Labute approximate surface area is 124 Å². The highest BCUT2D eigenvalue weighted by Gasteiger charge is 2.14. The van der Waals surface area contributed by atoms with Gasteiger partial charge in [-0.3, -0.25) is 0 Å². The first-order valence-electron chi connectivity index (χ1n) is 5.93. The van der Waals surface area contributed by atoms with Gasteiger partial charge in [0.15, 0.2) is 5.82 Å². The molecule has 8 heteroatoms. The third kappa shape index (κ3) is 2.68. The lowest BCUT2D eigenvalue weighted by atomic mass is 10.2. The maximum Gasteiger partial charge on any atom is 0.255 e. The van der Waals surface area contributed by atoms with Crippen LogP contribution < -0.4 is 4.74 Å². The van der Waals surface area contributed by atoms with Crippen LogP contribution in [0.1, 0.15) is 0 Å². The van der Waals surface area contributed by atoms with Gasteiger partial charge in [0.1, 0.15) is 11.6 Å². The highest BCUT2D eigenvalue weighted by Crippen LogP contribution is 2.28. The standard InChI is InChI=1S/C13H9ClFN5O/c1-21-10-4-3-8(15)7-9(10)11-17-12(14)19-13(18-11)20-6-2-5-16-20/h2-7H,1H3. The predicted octanol–water partition coefficient (Wildman–Crippen LogP) is 2.53. The largest absolute Gasteiger partial charge is 0.496 e. The Kier molecular flexibility index (Phi) is 3.49.